The highest BCUT2D eigenvalue weighted by Gasteiger charge is 2.41. The van der Waals surface area contributed by atoms with Gasteiger partial charge in [0, 0.05) is 26.2 Å². The van der Waals surface area contributed by atoms with E-state index >= 15 is 0 Å². The Hall–Kier alpha value is -2.32. The summed E-state index contributed by atoms with van der Waals surface area (Å²) in [6, 6.07) is 7.81. The van der Waals surface area contributed by atoms with Gasteiger partial charge in [0.05, 0.1) is 18.2 Å². The average Bonchev–Trinajstić information content (AvgIpc) is 3.08. The molecular weight excluding hydrogens is 356 g/mol. The summed E-state index contributed by atoms with van der Waals surface area (Å²) in [5.41, 5.74) is 2.04. The van der Waals surface area contributed by atoms with E-state index in [1.54, 1.807) is 4.68 Å². The number of benzene rings is 1. The number of carbonyl (C=O) groups is 1. The zero-order chi connectivity index (χ0) is 19.7. The third-order valence-corrected chi connectivity index (χ3v) is 6.13. The van der Waals surface area contributed by atoms with Gasteiger partial charge in [-0.2, -0.15) is 4.68 Å². The second kappa shape index (κ2) is 7.60. The lowest BCUT2D eigenvalue weighted by atomic mass is 9.71. The summed E-state index contributed by atoms with van der Waals surface area (Å²) in [5.74, 6) is 0.899. The maximum atomic E-state index is 12.8. The normalized spacial score (nSPS) is 22.5. The van der Waals surface area contributed by atoms with Gasteiger partial charge in [-0.1, -0.05) is 12.1 Å². The molecule has 0 aliphatic carbocycles. The highest BCUT2D eigenvalue weighted by molar-refractivity contribution is 5.79. The van der Waals surface area contributed by atoms with Crippen molar-refractivity contribution in [2.24, 2.45) is 5.41 Å². The summed E-state index contributed by atoms with van der Waals surface area (Å²) < 4.78 is 1.67. The summed E-state index contributed by atoms with van der Waals surface area (Å²) in [6.07, 6.45) is 2.96. The van der Waals surface area contributed by atoms with Gasteiger partial charge >= 0.3 is 0 Å². The molecule has 4 rings (SSSR count). The van der Waals surface area contributed by atoms with Crippen LogP contribution in [0.25, 0.3) is 5.69 Å². The lowest BCUT2D eigenvalue weighted by Gasteiger charge is -2.48. The van der Waals surface area contributed by atoms with E-state index in [1.807, 2.05) is 36.1 Å². The van der Waals surface area contributed by atoms with Crippen LogP contribution in [0, 0.1) is 12.3 Å². The van der Waals surface area contributed by atoms with Crippen LogP contribution in [-0.2, 0) is 11.2 Å². The number of hydrogen-bond acceptors (Lipinski definition) is 6. The number of piperidine rings is 2. The van der Waals surface area contributed by atoms with Crippen LogP contribution in [0.4, 0.5) is 0 Å². The van der Waals surface area contributed by atoms with E-state index < -0.39 is 0 Å². The number of nitrogens with zero attached hydrogens (tertiary/aromatic N) is 6. The van der Waals surface area contributed by atoms with Crippen LogP contribution in [0.1, 0.15) is 30.7 Å². The highest BCUT2D eigenvalue weighted by atomic mass is 16.3. The van der Waals surface area contributed by atoms with Gasteiger partial charge in [0.2, 0.25) is 5.91 Å². The third kappa shape index (κ3) is 3.93. The smallest absolute Gasteiger partial charge is 0.226 e. The molecule has 2 aliphatic rings. The van der Waals surface area contributed by atoms with Gasteiger partial charge in [-0.3, -0.25) is 4.79 Å². The molecule has 0 bridgehead atoms. The van der Waals surface area contributed by atoms with Crippen LogP contribution < -0.4 is 0 Å². The zero-order valence-corrected chi connectivity index (χ0v) is 16.6. The number of likely N-dealkylation sites (N-methyl/N-ethyl adjacent to an activating group) is 1. The maximum Gasteiger partial charge on any atom is 0.226 e. The van der Waals surface area contributed by atoms with Crippen molar-refractivity contribution < 1.29 is 9.90 Å². The molecule has 150 valence electrons. The van der Waals surface area contributed by atoms with Crippen LogP contribution in [0.2, 0.25) is 0 Å². The lowest BCUT2D eigenvalue weighted by Crippen LogP contribution is -2.53. The Kier molecular flexibility index (Phi) is 5.16. The number of carbonyl (C=O) groups excluding carboxylic acids is 1. The minimum atomic E-state index is -0.247. The van der Waals surface area contributed by atoms with Crippen LogP contribution in [0.5, 0.6) is 0 Å². The number of amides is 1. The Balaban J connectivity index is 1.34. The minimum Gasteiger partial charge on any atom is -0.392 e. The average molecular weight is 384 g/mol. The Morgan fingerprint density at radius 3 is 2.57 bits per heavy atom. The van der Waals surface area contributed by atoms with Crippen molar-refractivity contribution in [3.8, 4) is 5.69 Å². The number of β-amino-alcohol motifs (C(OH)–C–C–N with tert-alkyl or cyclic N) is 1. The number of hydrogen-bond donors (Lipinski definition) is 1. The van der Waals surface area contributed by atoms with Crippen molar-refractivity contribution in [2.45, 2.75) is 38.7 Å². The standard InChI is InChI=1S/C20H28N6O2/c1-15-21-22-23-26(15)17-5-3-16(4-6-17)11-19(28)25-9-7-20(8-10-25)12-18(27)13-24(2)14-20/h3-6,18,27H,7-14H2,1-2H3. The molecule has 1 aromatic carbocycles. The van der Waals surface area contributed by atoms with Crippen molar-refractivity contribution >= 4 is 5.91 Å². The molecule has 1 spiro atoms. The third-order valence-electron chi connectivity index (χ3n) is 6.13. The van der Waals surface area contributed by atoms with E-state index in [9.17, 15) is 9.90 Å². The molecule has 1 amide bonds. The van der Waals surface area contributed by atoms with Crippen LogP contribution >= 0.6 is 0 Å². The van der Waals surface area contributed by atoms with Gasteiger partial charge in [-0.15, -0.1) is 5.10 Å². The molecule has 2 saturated heterocycles. The second-order valence-corrected chi connectivity index (χ2v) is 8.42. The van der Waals surface area contributed by atoms with Crippen molar-refractivity contribution in [1.29, 1.82) is 0 Å². The van der Waals surface area contributed by atoms with Crippen molar-refractivity contribution in [1.82, 2.24) is 30.0 Å². The number of tetrazole rings is 1. The topological polar surface area (TPSA) is 87.4 Å². The van der Waals surface area contributed by atoms with E-state index in [4.69, 9.17) is 0 Å². The predicted molar refractivity (Wildman–Crippen MR) is 104 cm³/mol. The van der Waals surface area contributed by atoms with Crippen molar-refractivity contribution in [3.05, 3.63) is 35.7 Å². The first-order chi connectivity index (χ1) is 13.4. The number of aliphatic hydroxyl groups is 1. The molecular formula is C20H28N6O2. The number of aryl methyl sites for hydroxylation is 1. The number of aliphatic hydroxyl groups excluding tert-OH is 1. The molecule has 8 heteroatoms. The van der Waals surface area contributed by atoms with Gasteiger partial charge in [-0.25, -0.2) is 0 Å². The SMILES string of the molecule is Cc1nnnn1-c1ccc(CC(=O)N2CCC3(CC2)CC(O)CN(C)C3)cc1. The molecule has 1 aromatic heterocycles. The minimum absolute atomic E-state index is 0.161. The first-order valence-electron chi connectivity index (χ1n) is 9.93. The maximum absolute atomic E-state index is 12.8. The van der Waals surface area contributed by atoms with E-state index in [0.29, 0.717) is 6.42 Å². The van der Waals surface area contributed by atoms with Gasteiger partial charge in [0.1, 0.15) is 0 Å². The largest absolute Gasteiger partial charge is 0.392 e. The van der Waals surface area contributed by atoms with E-state index in [1.165, 1.54) is 0 Å². The van der Waals surface area contributed by atoms with Crippen molar-refractivity contribution in [2.75, 3.05) is 33.2 Å². The molecule has 8 nitrogen and oxygen atoms in total. The summed E-state index contributed by atoms with van der Waals surface area (Å²) in [6.45, 7) is 5.18. The Morgan fingerprint density at radius 2 is 1.96 bits per heavy atom. The molecule has 2 aliphatic heterocycles. The van der Waals surface area contributed by atoms with E-state index in [-0.39, 0.29) is 17.4 Å². The summed E-state index contributed by atoms with van der Waals surface area (Å²) in [5, 5.41) is 21.7. The fraction of sp³-hybridized carbons (Fsp3) is 0.600. The molecule has 0 saturated carbocycles. The quantitative estimate of drug-likeness (QED) is 0.843. The van der Waals surface area contributed by atoms with Crippen molar-refractivity contribution in [3.63, 3.8) is 0 Å². The molecule has 1 N–H and O–H groups in total. The Bertz CT molecular complexity index is 813. The molecule has 2 fully saturated rings. The van der Waals surface area contributed by atoms with Crippen LogP contribution in [0.15, 0.2) is 24.3 Å². The van der Waals surface area contributed by atoms with E-state index in [2.05, 4.69) is 27.5 Å². The summed E-state index contributed by atoms with van der Waals surface area (Å²) in [7, 11) is 2.07. The van der Waals surface area contributed by atoms with E-state index in [0.717, 1.165) is 62.5 Å². The Morgan fingerprint density at radius 1 is 1.25 bits per heavy atom. The number of aromatic nitrogens is 4. The van der Waals surface area contributed by atoms with Crippen LogP contribution in [-0.4, -0.2) is 80.4 Å². The molecule has 1 atom stereocenters. The second-order valence-electron chi connectivity index (χ2n) is 8.42. The van der Waals surface area contributed by atoms with Gasteiger partial charge in [0.15, 0.2) is 5.82 Å². The van der Waals surface area contributed by atoms with Gasteiger partial charge in [0.25, 0.3) is 0 Å². The molecule has 3 heterocycles. The molecule has 2 aromatic rings. The monoisotopic (exact) mass is 384 g/mol. The molecule has 28 heavy (non-hydrogen) atoms. The number of rotatable bonds is 3. The first kappa shape index (κ1) is 19.0. The molecule has 1 unspecified atom stereocenters. The fourth-order valence-electron chi connectivity index (χ4n) is 4.73. The first-order valence-corrected chi connectivity index (χ1v) is 9.93. The van der Waals surface area contributed by atoms with Gasteiger partial charge in [-0.05, 0) is 66.8 Å². The zero-order valence-electron chi connectivity index (χ0n) is 16.6. The predicted octanol–water partition coefficient (Wildman–Crippen LogP) is 0.818. The highest BCUT2D eigenvalue weighted by Crippen LogP contribution is 2.39. The summed E-state index contributed by atoms with van der Waals surface area (Å²) in [4.78, 5) is 17.0. The van der Waals surface area contributed by atoms with Gasteiger partial charge < -0.3 is 14.9 Å². The molecule has 0 radical (unpaired) electrons. The summed E-state index contributed by atoms with van der Waals surface area (Å²) >= 11 is 0. The lowest BCUT2D eigenvalue weighted by molar-refractivity contribution is -0.134. The van der Waals surface area contributed by atoms with Crippen LogP contribution in [0.3, 0.4) is 0 Å². The fourth-order valence-corrected chi connectivity index (χ4v) is 4.73. The Labute approximate surface area is 165 Å². The number of likely N-dealkylation sites (tertiary alicyclic amines) is 2.